The van der Waals surface area contributed by atoms with Crippen molar-refractivity contribution in [1.82, 2.24) is 0 Å². The van der Waals surface area contributed by atoms with Crippen molar-refractivity contribution in [3.8, 4) is 0 Å². The standard InChI is InChI=1S/C13H10Cl2O2S/c1-9-2-5-11(6-3-9)18(16,17)13-8-10(14)4-7-12(13)15/h2-8H,1H3. The molecule has 0 aliphatic rings. The Kier molecular flexibility index (Phi) is 3.66. The van der Waals surface area contributed by atoms with Crippen LogP contribution < -0.4 is 0 Å². The summed E-state index contributed by atoms with van der Waals surface area (Å²) in [5.41, 5.74) is 0.992. The third-order valence-corrected chi connectivity index (χ3v) is 5.00. The van der Waals surface area contributed by atoms with Crippen molar-refractivity contribution in [2.24, 2.45) is 0 Å². The van der Waals surface area contributed by atoms with Gasteiger partial charge in [0.1, 0.15) is 0 Å². The number of hydrogen-bond donors (Lipinski definition) is 0. The molecule has 0 aliphatic heterocycles. The molecule has 2 aromatic rings. The molecule has 0 saturated carbocycles. The lowest BCUT2D eigenvalue weighted by Crippen LogP contribution is -2.02. The maximum absolute atomic E-state index is 12.4. The molecule has 0 N–H and O–H groups in total. The van der Waals surface area contributed by atoms with E-state index in [1.807, 2.05) is 6.92 Å². The topological polar surface area (TPSA) is 34.1 Å². The van der Waals surface area contributed by atoms with Gasteiger partial charge in [0.2, 0.25) is 9.84 Å². The van der Waals surface area contributed by atoms with E-state index in [0.717, 1.165) is 5.56 Å². The van der Waals surface area contributed by atoms with E-state index >= 15 is 0 Å². The van der Waals surface area contributed by atoms with Crippen LogP contribution in [0.25, 0.3) is 0 Å². The van der Waals surface area contributed by atoms with E-state index in [0.29, 0.717) is 5.02 Å². The lowest BCUT2D eigenvalue weighted by Gasteiger charge is -2.07. The van der Waals surface area contributed by atoms with Crippen LogP contribution >= 0.6 is 23.2 Å². The van der Waals surface area contributed by atoms with Crippen molar-refractivity contribution in [3.05, 3.63) is 58.1 Å². The van der Waals surface area contributed by atoms with Crippen LogP contribution in [0.5, 0.6) is 0 Å². The van der Waals surface area contributed by atoms with Crippen molar-refractivity contribution in [1.29, 1.82) is 0 Å². The summed E-state index contributed by atoms with van der Waals surface area (Å²) in [7, 11) is -3.63. The Balaban J connectivity index is 2.61. The summed E-state index contributed by atoms with van der Waals surface area (Å²) >= 11 is 11.7. The number of rotatable bonds is 2. The molecule has 94 valence electrons. The summed E-state index contributed by atoms with van der Waals surface area (Å²) in [6.07, 6.45) is 0. The van der Waals surface area contributed by atoms with E-state index in [9.17, 15) is 8.42 Å². The van der Waals surface area contributed by atoms with Gasteiger partial charge >= 0.3 is 0 Å². The molecular weight excluding hydrogens is 291 g/mol. The minimum absolute atomic E-state index is 0.0283. The molecule has 0 saturated heterocycles. The second kappa shape index (κ2) is 4.92. The van der Waals surface area contributed by atoms with Gasteiger partial charge in [0.25, 0.3) is 0 Å². The quantitative estimate of drug-likeness (QED) is 0.835. The van der Waals surface area contributed by atoms with Crippen LogP contribution in [-0.4, -0.2) is 8.42 Å². The highest BCUT2D eigenvalue weighted by molar-refractivity contribution is 7.91. The summed E-state index contributed by atoms with van der Waals surface area (Å²) < 4.78 is 24.8. The SMILES string of the molecule is Cc1ccc(S(=O)(=O)c2cc(Cl)ccc2Cl)cc1. The molecule has 2 nitrogen and oxygen atoms in total. The molecule has 0 fully saturated rings. The summed E-state index contributed by atoms with van der Waals surface area (Å²) in [4.78, 5) is 0.234. The first-order chi connectivity index (χ1) is 8.41. The first-order valence-electron chi connectivity index (χ1n) is 5.18. The molecule has 0 bridgehead atoms. The van der Waals surface area contributed by atoms with Gasteiger partial charge < -0.3 is 0 Å². The van der Waals surface area contributed by atoms with Crippen LogP contribution in [0, 0.1) is 6.92 Å². The Morgan fingerprint density at radius 2 is 1.56 bits per heavy atom. The zero-order valence-electron chi connectivity index (χ0n) is 9.52. The van der Waals surface area contributed by atoms with Crippen LogP contribution in [0.1, 0.15) is 5.56 Å². The molecule has 0 amide bonds. The zero-order valence-corrected chi connectivity index (χ0v) is 11.9. The fourth-order valence-electron chi connectivity index (χ4n) is 1.53. The number of benzene rings is 2. The molecule has 0 aliphatic carbocycles. The first kappa shape index (κ1) is 13.4. The third-order valence-electron chi connectivity index (χ3n) is 2.51. The minimum Gasteiger partial charge on any atom is -0.218 e. The molecular formula is C13H10Cl2O2S. The second-order valence-electron chi connectivity index (χ2n) is 3.89. The van der Waals surface area contributed by atoms with Crippen LogP contribution in [0.2, 0.25) is 10.0 Å². The van der Waals surface area contributed by atoms with Gasteiger partial charge in [0, 0.05) is 5.02 Å². The maximum atomic E-state index is 12.4. The monoisotopic (exact) mass is 300 g/mol. The summed E-state index contributed by atoms with van der Waals surface area (Å²) in [6.45, 7) is 1.89. The Hall–Kier alpha value is -1.03. The molecule has 0 atom stereocenters. The Labute approximate surface area is 116 Å². The summed E-state index contributed by atoms with van der Waals surface area (Å²) in [5, 5.41) is 0.505. The summed E-state index contributed by atoms with van der Waals surface area (Å²) in [6, 6.07) is 11.0. The molecule has 0 aromatic heterocycles. The normalized spacial score (nSPS) is 11.5. The van der Waals surface area contributed by atoms with Crippen molar-refractivity contribution in [2.75, 3.05) is 0 Å². The molecule has 0 radical (unpaired) electrons. The Bertz CT molecular complexity index is 677. The predicted molar refractivity (Wildman–Crippen MR) is 73.1 cm³/mol. The first-order valence-corrected chi connectivity index (χ1v) is 7.42. The highest BCUT2D eigenvalue weighted by Crippen LogP contribution is 2.30. The highest BCUT2D eigenvalue weighted by atomic mass is 35.5. The average molecular weight is 301 g/mol. The lowest BCUT2D eigenvalue weighted by atomic mass is 10.2. The van der Waals surface area contributed by atoms with Crippen molar-refractivity contribution in [2.45, 2.75) is 16.7 Å². The number of aryl methyl sites for hydroxylation is 1. The number of halogens is 2. The Morgan fingerprint density at radius 3 is 2.17 bits per heavy atom. The van der Waals surface area contributed by atoms with Crippen LogP contribution in [0.3, 0.4) is 0 Å². The van der Waals surface area contributed by atoms with Gasteiger partial charge in [-0.05, 0) is 37.3 Å². The van der Waals surface area contributed by atoms with Gasteiger partial charge in [0.15, 0.2) is 0 Å². The predicted octanol–water partition coefficient (Wildman–Crippen LogP) is 4.13. The van der Waals surface area contributed by atoms with Gasteiger partial charge in [-0.25, -0.2) is 8.42 Å². The molecule has 5 heteroatoms. The van der Waals surface area contributed by atoms with Gasteiger partial charge in [-0.15, -0.1) is 0 Å². The molecule has 0 unspecified atom stereocenters. The average Bonchev–Trinajstić information content (AvgIpc) is 2.32. The van der Waals surface area contributed by atoms with Crippen molar-refractivity contribution >= 4 is 33.0 Å². The molecule has 0 heterocycles. The fraction of sp³-hybridized carbons (Fsp3) is 0.0769. The van der Waals surface area contributed by atoms with Gasteiger partial charge in [-0.1, -0.05) is 40.9 Å². The molecule has 18 heavy (non-hydrogen) atoms. The van der Waals surface area contributed by atoms with Gasteiger partial charge in [-0.2, -0.15) is 0 Å². The zero-order chi connectivity index (χ0) is 13.3. The molecule has 2 aromatic carbocycles. The van der Waals surface area contributed by atoms with E-state index in [-0.39, 0.29) is 14.8 Å². The largest absolute Gasteiger partial charge is 0.218 e. The second-order valence-corrected chi connectivity index (χ2v) is 6.65. The Morgan fingerprint density at radius 1 is 0.944 bits per heavy atom. The fourth-order valence-corrected chi connectivity index (χ4v) is 3.54. The van der Waals surface area contributed by atoms with E-state index in [4.69, 9.17) is 23.2 Å². The van der Waals surface area contributed by atoms with Crippen molar-refractivity contribution in [3.63, 3.8) is 0 Å². The highest BCUT2D eigenvalue weighted by Gasteiger charge is 2.20. The van der Waals surface area contributed by atoms with Crippen molar-refractivity contribution < 1.29 is 8.42 Å². The minimum atomic E-state index is -3.63. The third kappa shape index (κ3) is 2.53. The molecule has 2 rings (SSSR count). The van der Waals surface area contributed by atoms with Crippen LogP contribution in [0.15, 0.2) is 52.3 Å². The van der Waals surface area contributed by atoms with E-state index in [1.165, 1.54) is 12.1 Å². The van der Waals surface area contributed by atoms with E-state index < -0.39 is 9.84 Å². The van der Waals surface area contributed by atoms with E-state index in [1.54, 1.807) is 30.3 Å². The summed E-state index contributed by atoms with van der Waals surface area (Å²) in [5.74, 6) is 0. The lowest BCUT2D eigenvalue weighted by molar-refractivity contribution is 0.596. The van der Waals surface area contributed by atoms with Crippen LogP contribution in [-0.2, 0) is 9.84 Å². The number of sulfone groups is 1. The maximum Gasteiger partial charge on any atom is 0.208 e. The van der Waals surface area contributed by atoms with Crippen LogP contribution in [0.4, 0.5) is 0 Å². The van der Waals surface area contributed by atoms with Gasteiger partial charge in [0.05, 0.1) is 14.8 Å². The molecule has 0 spiro atoms. The smallest absolute Gasteiger partial charge is 0.208 e. The van der Waals surface area contributed by atoms with E-state index in [2.05, 4.69) is 0 Å². The number of hydrogen-bond acceptors (Lipinski definition) is 2. The van der Waals surface area contributed by atoms with Gasteiger partial charge in [-0.3, -0.25) is 0 Å².